The smallest absolute Gasteiger partial charge is 0.379 e. The fourth-order valence-electron chi connectivity index (χ4n) is 2.05. The van der Waals surface area contributed by atoms with Crippen molar-refractivity contribution in [3.63, 3.8) is 0 Å². The summed E-state index contributed by atoms with van der Waals surface area (Å²) in [7, 11) is 0. The van der Waals surface area contributed by atoms with Gasteiger partial charge in [0.05, 0.1) is 22.5 Å². The highest BCUT2D eigenvalue weighted by molar-refractivity contribution is 6.31. The van der Waals surface area contributed by atoms with E-state index in [0.717, 1.165) is 17.8 Å². The van der Waals surface area contributed by atoms with E-state index < -0.39 is 22.7 Å². The molecule has 1 aromatic carbocycles. The summed E-state index contributed by atoms with van der Waals surface area (Å²) in [5.74, 6) is -0.613. The average molecular weight is 372 g/mol. The molecule has 0 saturated carbocycles. The molecule has 2 N–H and O–H groups in total. The van der Waals surface area contributed by atoms with Crippen molar-refractivity contribution in [2.45, 2.75) is 32.5 Å². The van der Waals surface area contributed by atoms with Crippen LogP contribution in [0, 0.1) is 0 Å². The number of rotatable bonds is 3. The zero-order valence-corrected chi connectivity index (χ0v) is 14.6. The standard InChI is InChI=1S/C17H17ClF3N3O/c1-16(2,3)24-11-5-7-14(22-9-11)15(25)23-10-4-6-13(18)12(8-10)17(19,20)21/h4-9,24H,1-3H3,(H,23,25). The van der Waals surface area contributed by atoms with E-state index in [-0.39, 0.29) is 16.9 Å². The van der Waals surface area contributed by atoms with E-state index in [1.54, 1.807) is 6.07 Å². The Bertz CT molecular complexity index is 768. The van der Waals surface area contributed by atoms with Gasteiger partial charge in [0.1, 0.15) is 5.69 Å². The predicted octanol–water partition coefficient (Wildman–Crippen LogP) is 5.22. The van der Waals surface area contributed by atoms with Crippen molar-refractivity contribution in [1.29, 1.82) is 0 Å². The van der Waals surface area contributed by atoms with Crippen molar-refractivity contribution in [3.05, 3.63) is 52.8 Å². The summed E-state index contributed by atoms with van der Waals surface area (Å²) in [6.07, 6.45) is -3.11. The van der Waals surface area contributed by atoms with Crippen LogP contribution in [0.1, 0.15) is 36.8 Å². The van der Waals surface area contributed by atoms with Crippen LogP contribution in [-0.2, 0) is 6.18 Å². The zero-order chi connectivity index (χ0) is 18.8. The molecule has 0 spiro atoms. The van der Waals surface area contributed by atoms with Crippen LogP contribution in [-0.4, -0.2) is 16.4 Å². The molecule has 0 fully saturated rings. The highest BCUT2D eigenvalue weighted by Gasteiger charge is 2.33. The molecule has 2 aromatic rings. The molecule has 0 unspecified atom stereocenters. The van der Waals surface area contributed by atoms with Crippen LogP contribution in [0.4, 0.5) is 24.5 Å². The van der Waals surface area contributed by atoms with E-state index in [2.05, 4.69) is 15.6 Å². The van der Waals surface area contributed by atoms with Gasteiger partial charge in [-0.25, -0.2) is 4.98 Å². The molecule has 1 heterocycles. The second-order valence-corrected chi connectivity index (χ2v) is 6.86. The zero-order valence-electron chi connectivity index (χ0n) is 13.8. The number of aromatic nitrogens is 1. The number of carbonyl (C=O) groups excluding carboxylic acids is 1. The Kier molecular flexibility index (Phi) is 5.27. The van der Waals surface area contributed by atoms with Crippen LogP contribution in [0.2, 0.25) is 5.02 Å². The summed E-state index contributed by atoms with van der Waals surface area (Å²) in [5.41, 5.74) is -0.370. The molecule has 0 saturated heterocycles. The maximum Gasteiger partial charge on any atom is 0.417 e. The minimum atomic E-state index is -4.60. The van der Waals surface area contributed by atoms with Crippen molar-refractivity contribution in [2.75, 3.05) is 10.6 Å². The van der Waals surface area contributed by atoms with Crippen LogP contribution in [0.5, 0.6) is 0 Å². The minimum absolute atomic E-state index is 0.0135. The van der Waals surface area contributed by atoms with Crippen LogP contribution >= 0.6 is 11.6 Å². The largest absolute Gasteiger partial charge is 0.417 e. The molecule has 0 atom stereocenters. The summed E-state index contributed by atoms with van der Waals surface area (Å²) < 4.78 is 38.6. The second-order valence-electron chi connectivity index (χ2n) is 6.45. The van der Waals surface area contributed by atoms with Gasteiger partial charge >= 0.3 is 6.18 Å². The molecule has 0 aliphatic carbocycles. The number of hydrogen-bond donors (Lipinski definition) is 2. The first-order chi connectivity index (χ1) is 11.5. The third-order valence-corrected chi connectivity index (χ3v) is 3.37. The Hall–Kier alpha value is -2.28. The Morgan fingerprint density at radius 2 is 1.72 bits per heavy atom. The fraction of sp³-hybridized carbons (Fsp3) is 0.294. The van der Waals surface area contributed by atoms with Crippen LogP contribution in [0.25, 0.3) is 0 Å². The minimum Gasteiger partial charge on any atom is -0.379 e. The lowest BCUT2D eigenvalue weighted by molar-refractivity contribution is -0.137. The van der Waals surface area contributed by atoms with Crippen LogP contribution in [0.3, 0.4) is 0 Å². The maximum atomic E-state index is 12.9. The fourth-order valence-corrected chi connectivity index (χ4v) is 2.28. The van der Waals surface area contributed by atoms with Gasteiger partial charge in [0, 0.05) is 11.2 Å². The summed E-state index contributed by atoms with van der Waals surface area (Å²) in [6.45, 7) is 5.94. The lowest BCUT2D eigenvalue weighted by Gasteiger charge is -2.21. The Labute approximate surface area is 148 Å². The molecule has 2 rings (SSSR count). The van der Waals surface area contributed by atoms with E-state index in [1.807, 2.05) is 20.8 Å². The summed E-state index contributed by atoms with van der Waals surface area (Å²) in [5, 5.41) is 5.15. The molecule has 0 bridgehead atoms. The van der Waals surface area contributed by atoms with E-state index in [9.17, 15) is 18.0 Å². The van der Waals surface area contributed by atoms with Gasteiger partial charge in [0.2, 0.25) is 0 Å². The van der Waals surface area contributed by atoms with Gasteiger partial charge < -0.3 is 10.6 Å². The quantitative estimate of drug-likeness (QED) is 0.778. The van der Waals surface area contributed by atoms with Gasteiger partial charge in [-0.1, -0.05) is 11.6 Å². The molecule has 1 aromatic heterocycles. The van der Waals surface area contributed by atoms with E-state index in [1.165, 1.54) is 18.3 Å². The van der Waals surface area contributed by atoms with Gasteiger partial charge in [0.15, 0.2) is 0 Å². The van der Waals surface area contributed by atoms with Crippen LogP contribution in [0.15, 0.2) is 36.5 Å². The molecule has 8 heteroatoms. The number of hydrogen-bond acceptors (Lipinski definition) is 3. The topological polar surface area (TPSA) is 54.0 Å². The number of halogens is 4. The van der Waals surface area contributed by atoms with Crippen LogP contribution < -0.4 is 10.6 Å². The van der Waals surface area contributed by atoms with Crippen molar-refractivity contribution in [2.24, 2.45) is 0 Å². The third-order valence-electron chi connectivity index (χ3n) is 3.05. The SMILES string of the molecule is CC(C)(C)Nc1ccc(C(=O)Nc2ccc(Cl)c(C(F)(F)F)c2)nc1. The van der Waals surface area contributed by atoms with Gasteiger partial charge in [-0.05, 0) is 51.1 Å². The molecule has 0 aliphatic rings. The Morgan fingerprint density at radius 1 is 1.08 bits per heavy atom. The molecule has 1 amide bonds. The number of carbonyl (C=O) groups is 1. The van der Waals surface area contributed by atoms with Crippen molar-refractivity contribution in [1.82, 2.24) is 4.98 Å². The lowest BCUT2D eigenvalue weighted by atomic mass is 10.1. The molecular weight excluding hydrogens is 355 g/mol. The van der Waals surface area contributed by atoms with Gasteiger partial charge in [-0.3, -0.25) is 4.79 Å². The average Bonchev–Trinajstić information content (AvgIpc) is 2.47. The van der Waals surface area contributed by atoms with Crippen molar-refractivity contribution >= 4 is 28.9 Å². The number of nitrogens with zero attached hydrogens (tertiary/aromatic N) is 1. The van der Waals surface area contributed by atoms with Crippen molar-refractivity contribution in [3.8, 4) is 0 Å². The van der Waals surface area contributed by atoms with Gasteiger partial charge in [-0.2, -0.15) is 13.2 Å². The molecule has 25 heavy (non-hydrogen) atoms. The maximum absolute atomic E-state index is 12.9. The first kappa shape index (κ1) is 19.1. The first-order valence-electron chi connectivity index (χ1n) is 7.38. The molecule has 4 nitrogen and oxygen atoms in total. The number of pyridine rings is 1. The molecule has 134 valence electrons. The number of alkyl halides is 3. The number of amides is 1. The second kappa shape index (κ2) is 6.92. The Balaban J connectivity index is 2.15. The predicted molar refractivity (Wildman–Crippen MR) is 92.0 cm³/mol. The summed E-state index contributed by atoms with van der Waals surface area (Å²) >= 11 is 5.55. The molecule has 0 radical (unpaired) electrons. The third kappa shape index (κ3) is 5.35. The number of benzene rings is 1. The van der Waals surface area contributed by atoms with E-state index in [0.29, 0.717) is 0 Å². The Morgan fingerprint density at radius 3 is 2.24 bits per heavy atom. The number of nitrogens with one attached hydrogen (secondary N) is 2. The van der Waals surface area contributed by atoms with Crippen molar-refractivity contribution < 1.29 is 18.0 Å². The molecular formula is C17H17ClF3N3O. The summed E-state index contributed by atoms with van der Waals surface area (Å²) in [6, 6.07) is 6.34. The lowest BCUT2D eigenvalue weighted by Crippen LogP contribution is -2.26. The first-order valence-corrected chi connectivity index (χ1v) is 7.76. The highest BCUT2D eigenvalue weighted by atomic mass is 35.5. The van der Waals surface area contributed by atoms with E-state index >= 15 is 0 Å². The number of anilines is 2. The normalized spacial score (nSPS) is 12.0. The highest BCUT2D eigenvalue weighted by Crippen LogP contribution is 2.36. The molecule has 0 aliphatic heterocycles. The summed E-state index contributed by atoms with van der Waals surface area (Å²) in [4.78, 5) is 16.2. The monoisotopic (exact) mass is 371 g/mol. The van der Waals surface area contributed by atoms with Gasteiger partial charge in [-0.15, -0.1) is 0 Å². The van der Waals surface area contributed by atoms with Gasteiger partial charge in [0.25, 0.3) is 5.91 Å². The van der Waals surface area contributed by atoms with E-state index in [4.69, 9.17) is 11.6 Å².